The van der Waals surface area contributed by atoms with Crippen LogP contribution in [0.3, 0.4) is 0 Å². The summed E-state index contributed by atoms with van der Waals surface area (Å²) in [5.74, 6) is -1.24. The second kappa shape index (κ2) is 5.60. The van der Waals surface area contributed by atoms with E-state index in [1.54, 1.807) is 6.20 Å². The summed E-state index contributed by atoms with van der Waals surface area (Å²) < 4.78 is 7.17. The highest BCUT2D eigenvalue weighted by molar-refractivity contribution is 5.70. The standard InChI is InChI=1S/C14H17N3O3/c18-14(19)12-9-16(5-6-20-10-12)8-11-2-4-17-13(7-11)1-3-15-17/h1-4,7,12H,5-6,8-10H2,(H,18,19). The van der Waals surface area contributed by atoms with Crippen LogP contribution in [0.1, 0.15) is 5.56 Å². The molecule has 0 aromatic carbocycles. The van der Waals surface area contributed by atoms with E-state index < -0.39 is 11.9 Å². The van der Waals surface area contributed by atoms with Crippen molar-refractivity contribution in [1.82, 2.24) is 14.5 Å². The van der Waals surface area contributed by atoms with E-state index in [2.05, 4.69) is 16.1 Å². The van der Waals surface area contributed by atoms with Crippen molar-refractivity contribution in [1.29, 1.82) is 0 Å². The number of carbonyl (C=O) groups is 1. The van der Waals surface area contributed by atoms with E-state index in [9.17, 15) is 4.79 Å². The number of aliphatic carboxylic acids is 1. The molecule has 1 unspecified atom stereocenters. The zero-order valence-corrected chi connectivity index (χ0v) is 11.1. The van der Waals surface area contributed by atoms with Gasteiger partial charge in [0.1, 0.15) is 0 Å². The van der Waals surface area contributed by atoms with Crippen LogP contribution in [-0.4, -0.2) is 51.9 Å². The van der Waals surface area contributed by atoms with Gasteiger partial charge in [0.2, 0.25) is 0 Å². The Morgan fingerprint density at radius 2 is 2.40 bits per heavy atom. The first-order valence-corrected chi connectivity index (χ1v) is 6.67. The zero-order chi connectivity index (χ0) is 13.9. The predicted octanol–water partition coefficient (Wildman–Crippen LogP) is 0.867. The Balaban J connectivity index is 1.73. The molecule has 1 N–H and O–H groups in total. The average molecular weight is 275 g/mol. The molecular formula is C14H17N3O3. The molecule has 1 fully saturated rings. The number of rotatable bonds is 3. The van der Waals surface area contributed by atoms with Gasteiger partial charge in [0, 0.05) is 32.0 Å². The van der Waals surface area contributed by atoms with Gasteiger partial charge >= 0.3 is 5.97 Å². The molecule has 6 nitrogen and oxygen atoms in total. The lowest BCUT2D eigenvalue weighted by Gasteiger charge is -2.21. The topological polar surface area (TPSA) is 67.1 Å². The Hall–Kier alpha value is -1.92. The normalized spacial score (nSPS) is 20.9. The molecule has 1 atom stereocenters. The molecule has 6 heteroatoms. The average Bonchev–Trinajstić information content (AvgIpc) is 2.76. The highest BCUT2D eigenvalue weighted by atomic mass is 16.5. The lowest BCUT2D eigenvalue weighted by atomic mass is 10.1. The van der Waals surface area contributed by atoms with Crippen LogP contribution in [0.25, 0.3) is 5.52 Å². The van der Waals surface area contributed by atoms with Crippen LogP contribution >= 0.6 is 0 Å². The number of carboxylic acids is 1. The summed E-state index contributed by atoms with van der Waals surface area (Å²) >= 11 is 0. The third-order valence-corrected chi connectivity index (χ3v) is 3.57. The van der Waals surface area contributed by atoms with Gasteiger partial charge in [-0.1, -0.05) is 0 Å². The fourth-order valence-corrected chi connectivity index (χ4v) is 2.49. The van der Waals surface area contributed by atoms with E-state index in [1.165, 1.54) is 0 Å². The maximum Gasteiger partial charge on any atom is 0.310 e. The number of aromatic nitrogens is 2. The number of hydrogen-bond acceptors (Lipinski definition) is 4. The molecule has 2 aromatic heterocycles. The van der Waals surface area contributed by atoms with Gasteiger partial charge in [0.15, 0.2) is 0 Å². The second-order valence-electron chi connectivity index (χ2n) is 5.08. The first kappa shape index (κ1) is 13.1. The van der Waals surface area contributed by atoms with Crippen LogP contribution in [0.15, 0.2) is 30.6 Å². The van der Waals surface area contributed by atoms with Crippen LogP contribution in [0.2, 0.25) is 0 Å². The molecule has 1 aliphatic rings. The molecule has 0 spiro atoms. The van der Waals surface area contributed by atoms with Crippen molar-refractivity contribution in [2.45, 2.75) is 6.54 Å². The first-order chi connectivity index (χ1) is 9.72. The van der Waals surface area contributed by atoms with Crippen molar-refractivity contribution in [3.05, 3.63) is 36.2 Å². The molecule has 3 rings (SSSR count). The smallest absolute Gasteiger partial charge is 0.310 e. The fourth-order valence-electron chi connectivity index (χ4n) is 2.49. The van der Waals surface area contributed by atoms with E-state index in [-0.39, 0.29) is 0 Å². The van der Waals surface area contributed by atoms with Crippen LogP contribution in [0, 0.1) is 5.92 Å². The van der Waals surface area contributed by atoms with Crippen molar-refractivity contribution in [3.63, 3.8) is 0 Å². The Morgan fingerprint density at radius 3 is 3.25 bits per heavy atom. The summed E-state index contributed by atoms with van der Waals surface area (Å²) in [7, 11) is 0. The molecule has 20 heavy (non-hydrogen) atoms. The summed E-state index contributed by atoms with van der Waals surface area (Å²) in [5.41, 5.74) is 2.20. The lowest BCUT2D eigenvalue weighted by Crippen LogP contribution is -2.33. The van der Waals surface area contributed by atoms with E-state index in [0.29, 0.717) is 19.8 Å². The summed E-state index contributed by atoms with van der Waals surface area (Å²) in [6, 6.07) is 6.05. The fraction of sp³-hybridized carbons (Fsp3) is 0.429. The van der Waals surface area contributed by atoms with Gasteiger partial charge < -0.3 is 9.84 Å². The van der Waals surface area contributed by atoms with Crippen molar-refractivity contribution in [2.24, 2.45) is 5.92 Å². The monoisotopic (exact) mass is 275 g/mol. The van der Waals surface area contributed by atoms with Crippen LogP contribution in [0.5, 0.6) is 0 Å². The van der Waals surface area contributed by atoms with E-state index in [4.69, 9.17) is 9.84 Å². The second-order valence-corrected chi connectivity index (χ2v) is 5.08. The molecule has 0 bridgehead atoms. The number of carboxylic acid groups (broad SMARTS) is 1. The molecule has 0 radical (unpaired) electrons. The number of ether oxygens (including phenoxy) is 1. The Kier molecular flexibility index (Phi) is 3.66. The molecule has 0 amide bonds. The first-order valence-electron chi connectivity index (χ1n) is 6.67. The number of nitrogens with zero attached hydrogens (tertiary/aromatic N) is 3. The van der Waals surface area contributed by atoms with Gasteiger partial charge in [-0.05, 0) is 23.8 Å². The zero-order valence-electron chi connectivity index (χ0n) is 11.1. The minimum atomic E-state index is -0.789. The highest BCUT2D eigenvalue weighted by Crippen LogP contribution is 2.13. The Morgan fingerprint density at radius 1 is 1.50 bits per heavy atom. The Bertz CT molecular complexity index is 610. The highest BCUT2D eigenvalue weighted by Gasteiger charge is 2.24. The van der Waals surface area contributed by atoms with Crippen molar-refractivity contribution < 1.29 is 14.6 Å². The van der Waals surface area contributed by atoms with Gasteiger partial charge in [-0.3, -0.25) is 9.69 Å². The van der Waals surface area contributed by atoms with Gasteiger partial charge in [0.25, 0.3) is 0 Å². The van der Waals surface area contributed by atoms with E-state index in [0.717, 1.165) is 24.2 Å². The molecule has 0 aliphatic carbocycles. The predicted molar refractivity (Wildman–Crippen MR) is 72.4 cm³/mol. The van der Waals surface area contributed by atoms with Crippen LogP contribution in [-0.2, 0) is 16.1 Å². The summed E-state index contributed by atoms with van der Waals surface area (Å²) in [4.78, 5) is 13.3. The minimum Gasteiger partial charge on any atom is -0.481 e. The molecule has 0 saturated carbocycles. The number of hydrogen-bond donors (Lipinski definition) is 1. The van der Waals surface area contributed by atoms with Crippen molar-refractivity contribution >= 4 is 11.5 Å². The van der Waals surface area contributed by atoms with E-state index >= 15 is 0 Å². The van der Waals surface area contributed by atoms with Crippen molar-refractivity contribution in [3.8, 4) is 0 Å². The van der Waals surface area contributed by atoms with Crippen LogP contribution in [0.4, 0.5) is 0 Å². The lowest BCUT2D eigenvalue weighted by molar-refractivity contribution is -0.143. The minimum absolute atomic E-state index is 0.299. The Labute approximate surface area is 116 Å². The van der Waals surface area contributed by atoms with Gasteiger partial charge in [0.05, 0.1) is 24.6 Å². The van der Waals surface area contributed by atoms with Crippen molar-refractivity contribution in [2.75, 3.05) is 26.3 Å². The molecule has 2 aromatic rings. The molecule has 1 aliphatic heterocycles. The SMILES string of the molecule is O=C(O)C1COCCN(Cc2ccn3nccc3c2)C1. The molecule has 3 heterocycles. The van der Waals surface area contributed by atoms with Gasteiger partial charge in [-0.25, -0.2) is 4.52 Å². The largest absolute Gasteiger partial charge is 0.481 e. The number of fused-ring (bicyclic) bond motifs is 1. The molecular weight excluding hydrogens is 258 g/mol. The molecule has 106 valence electrons. The third-order valence-electron chi connectivity index (χ3n) is 3.57. The summed E-state index contributed by atoms with van der Waals surface area (Å²) in [6.07, 6.45) is 3.69. The molecule has 1 saturated heterocycles. The maximum atomic E-state index is 11.1. The van der Waals surface area contributed by atoms with Gasteiger partial charge in [-0.2, -0.15) is 5.10 Å². The maximum absolute atomic E-state index is 11.1. The quantitative estimate of drug-likeness (QED) is 0.900. The summed E-state index contributed by atoms with van der Waals surface area (Å²) in [6.45, 7) is 2.90. The van der Waals surface area contributed by atoms with Crippen LogP contribution < -0.4 is 0 Å². The number of pyridine rings is 1. The van der Waals surface area contributed by atoms with Gasteiger partial charge in [-0.15, -0.1) is 0 Å². The van der Waals surface area contributed by atoms with E-state index in [1.807, 2.05) is 22.8 Å². The third kappa shape index (κ3) is 2.81. The summed E-state index contributed by atoms with van der Waals surface area (Å²) in [5, 5.41) is 13.3.